The number of amides is 1. The average Bonchev–Trinajstić information content (AvgIpc) is 3.34. The van der Waals surface area contributed by atoms with Gasteiger partial charge in [0, 0.05) is 6.54 Å². The molecule has 0 aliphatic carbocycles. The minimum Gasteiger partial charge on any atom is -0.493 e. The smallest absolute Gasteiger partial charge is 0.224 e. The monoisotopic (exact) mass is 543 g/mol. The molecule has 0 saturated heterocycles. The zero-order valence-corrected chi connectivity index (χ0v) is 23.8. The van der Waals surface area contributed by atoms with Gasteiger partial charge in [0.05, 0.1) is 51.4 Å². The molecule has 0 radical (unpaired) electrons. The number of nitrogens with zero attached hydrogens (tertiary/aromatic N) is 2. The van der Waals surface area contributed by atoms with Crippen LogP contribution in [0.2, 0.25) is 0 Å². The van der Waals surface area contributed by atoms with Crippen molar-refractivity contribution in [1.82, 2.24) is 14.9 Å². The minimum absolute atomic E-state index is 0.102. The number of para-hydroxylation sites is 2. The summed E-state index contributed by atoms with van der Waals surface area (Å²) in [6, 6.07) is 19.1. The van der Waals surface area contributed by atoms with E-state index in [2.05, 4.69) is 9.88 Å². The summed E-state index contributed by atoms with van der Waals surface area (Å²) < 4.78 is 24.4. The lowest BCUT2D eigenvalue weighted by Gasteiger charge is -2.17. The van der Waals surface area contributed by atoms with Gasteiger partial charge < -0.3 is 28.8 Å². The number of fused-ring (bicyclic) bond motifs is 1. The minimum atomic E-state index is -0.291. The molecule has 40 heavy (non-hydrogen) atoms. The summed E-state index contributed by atoms with van der Waals surface area (Å²) in [5.41, 5.74) is 3.80. The van der Waals surface area contributed by atoms with Crippen LogP contribution >= 0.6 is 0 Å². The zero-order chi connectivity index (χ0) is 28.5. The molecule has 1 atom stereocenters. The summed E-state index contributed by atoms with van der Waals surface area (Å²) in [5.74, 6) is 3.33. The van der Waals surface area contributed by atoms with Crippen molar-refractivity contribution in [3.8, 4) is 23.0 Å². The number of imidazole rings is 1. The molecule has 0 fully saturated rings. The van der Waals surface area contributed by atoms with Gasteiger partial charge in [0.1, 0.15) is 5.82 Å². The predicted molar refractivity (Wildman–Crippen MR) is 157 cm³/mol. The lowest BCUT2D eigenvalue weighted by molar-refractivity contribution is -0.121. The number of benzene rings is 3. The maximum Gasteiger partial charge on any atom is 0.224 e. The van der Waals surface area contributed by atoms with Crippen LogP contribution in [-0.4, -0.2) is 43.4 Å². The molecule has 8 nitrogen and oxygen atoms in total. The molecular formula is C32H37N3O5. The van der Waals surface area contributed by atoms with E-state index in [0.29, 0.717) is 36.1 Å². The van der Waals surface area contributed by atoms with Crippen molar-refractivity contribution in [3.63, 3.8) is 0 Å². The van der Waals surface area contributed by atoms with Crippen molar-refractivity contribution in [1.29, 1.82) is 0 Å². The van der Waals surface area contributed by atoms with Crippen LogP contribution in [0.4, 0.5) is 0 Å². The fourth-order valence-electron chi connectivity index (χ4n) is 4.70. The van der Waals surface area contributed by atoms with Crippen LogP contribution in [0.1, 0.15) is 43.3 Å². The van der Waals surface area contributed by atoms with Gasteiger partial charge in [-0.15, -0.1) is 0 Å². The average molecular weight is 544 g/mol. The molecule has 210 valence electrons. The van der Waals surface area contributed by atoms with Gasteiger partial charge in [0.2, 0.25) is 5.91 Å². The lowest BCUT2D eigenvalue weighted by atomic mass is 10.1. The second-order valence-corrected chi connectivity index (χ2v) is 9.38. The summed E-state index contributed by atoms with van der Waals surface area (Å²) in [4.78, 5) is 17.8. The summed E-state index contributed by atoms with van der Waals surface area (Å²) >= 11 is 0. The molecule has 1 N–H and O–H groups in total. The van der Waals surface area contributed by atoms with Crippen molar-refractivity contribution in [2.75, 3.05) is 27.9 Å². The van der Waals surface area contributed by atoms with Crippen molar-refractivity contribution in [3.05, 3.63) is 83.7 Å². The van der Waals surface area contributed by atoms with E-state index in [1.165, 1.54) is 0 Å². The number of methoxy groups -OCH3 is 3. The normalized spacial score (nSPS) is 11.9. The van der Waals surface area contributed by atoms with Crippen LogP contribution in [0.25, 0.3) is 17.1 Å². The van der Waals surface area contributed by atoms with Crippen molar-refractivity contribution in [2.24, 2.45) is 0 Å². The first-order valence-electron chi connectivity index (χ1n) is 13.4. The quantitative estimate of drug-likeness (QED) is 0.209. The number of allylic oxidation sites excluding steroid dienone is 1. The van der Waals surface area contributed by atoms with Gasteiger partial charge in [-0.05, 0) is 67.8 Å². The topological polar surface area (TPSA) is 83.8 Å². The maximum absolute atomic E-state index is 13.0. The SMILES string of the molecule is C/C=C/c1ccc(OCCCn2c(C(C)NC(=O)Cc3ccc(OC)c(OC)c3)nc3ccccc32)c(OC)c1. The number of aromatic nitrogens is 2. The Balaban J connectivity index is 1.43. The fraction of sp³-hybridized carbons (Fsp3) is 0.312. The highest BCUT2D eigenvalue weighted by Crippen LogP contribution is 2.30. The van der Waals surface area contributed by atoms with Gasteiger partial charge in [0.25, 0.3) is 0 Å². The van der Waals surface area contributed by atoms with E-state index in [0.717, 1.165) is 34.4 Å². The first-order chi connectivity index (χ1) is 19.5. The number of ether oxygens (including phenoxy) is 4. The summed E-state index contributed by atoms with van der Waals surface area (Å²) in [5, 5.41) is 3.11. The van der Waals surface area contributed by atoms with Crippen molar-refractivity contribution < 1.29 is 23.7 Å². The van der Waals surface area contributed by atoms with Crippen molar-refractivity contribution in [2.45, 2.75) is 39.3 Å². The first-order valence-corrected chi connectivity index (χ1v) is 13.4. The van der Waals surface area contributed by atoms with Crippen LogP contribution in [0, 0.1) is 0 Å². The number of carbonyl (C=O) groups excluding carboxylic acids is 1. The number of rotatable bonds is 13. The van der Waals surface area contributed by atoms with Gasteiger partial charge in [-0.3, -0.25) is 4.79 Å². The lowest BCUT2D eigenvalue weighted by Crippen LogP contribution is -2.30. The Morgan fingerprint density at radius 2 is 1.68 bits per heavy atom. The molecule has 1 heterocycles. The van der Waals surface area contributed by atoms with Gasteiger partial charge >= 0.3 is 0 Å². The highest BCUT2D eigenvalue weighted by atomic mass is 16.5. The number of aryl methyl sites for hydroxylation is 1. The van der Waals surface area contributed by atoms with Crippen LogP contribution < -0.4 is 24.3 Å². The third-order valence-corrected chi connectivity index (χ3v) is 6.59. The second-order valence-electron chi connectivity index (χ2n) is 9.38. The van der Waals surface area contributed by atoms with Crippen LogP contribution in [-0.2, 0) is 17.8 Å². The van der Waals surface area contributed by atoms with E-state index in [1.54, 1.807) is 27.4 Å². The molecule has 1 unspecified atom stereocenters. The van der Waals surface area contributed by atoms with Gasteiger partial charge in [0.15, 0.2) is 23.0 Å². The second kappa shape index (κ2) is 13.6. The van der Waals surface area contributed by atoms with E-state index < -0.39 is 0 Å². The Morgan fingerprint density at radius 3 is 2.42 bits per heavy atom. The summed E-state index contributed by atoms with van der Waals surface area (Å²) in [6.07, 6.45) is 4.97. The Kier molecular flexibility index (Phi) is 9.67. The molecular weight excluding hydrogens is 506 g/mol. The van der Waals surface area contributed by atoms with Gasteiger partial charge in [-0.1, -0.05) is 36.4 Å². The van der Waals surface area contributed by atoms with Gasteiger partial charge in [-0.2, -0.15) is 0 Å². The van der Waals surface area contributed by atoms with E-state index in [9.17, 15) is 4.79 Å². The molecule has 0 saturated carbocycles. The Labute approximate surface area is 235 Å². The van der Waals surface area contributed by atoms with Crippen LogP contribution in [0.15, 0.2) is 66.7 Å². The number of nitrogens with one attached hydrogen (secondary N) is 1. The maximum atomic E-state index is 13.0. The molecule has 4 rings (SSSR count). The third-order valence-electron chi connectivity index (χ3n) is 6.59. The molecule has 8 heteroatoms. The predicted octanol–water partition coefficient (Wildman–Crippen LogP) is 5.98. The highest BCUT2D eigenvalue weighted by molar-refractivity contribution is 5.80. The molecule has 4 aromatic rings. The van der Waals surface area contributed by atoms with Gasteiger partial charge in [-0.25, -0.2) is 4.98 Å². The molecule has 0 spiro atoms. The third kappa shape index (κ3) is 6.75. The fourth-order valence-corrected chi connectivity index (χ4v) is 4.70. The zero-order valence-electron chi connectivity index (χ0n) is 23.8. The highest BCUT2D eigenvalue weighted by Gasteiger charge is 2.19. The molecule has 0 aliphatic rings. The van der Waals surface area contributed by atoms with E-state index in [-0.39, 0.29) is 18.4 Å². The molecule has 3 aromatic carbocycles. The Hall–Kier alpha value is -4.46. The molecule has 1 aromatic heterocycles. The van der Waals surface area contributed by atoms with Crippen LogP contribution in [0.3, 0.4) is 0 Å². The Bertz CT molecular complexity index is 1480. The van der Waals surface area contributed by atoms with E-state index in [1.807, 2.05) is 80.6 Å². The number of hydrogen-bond acceptors (Lipinski definition) is 6. The molecule has 1 amide bonds. The largest absolute Gasteiger partial charge is 0.493 e. The standard InChI is InChI=1S/C32H37N3O5/c1-6-10-23-13-16-28(30(19-23)39-5)40-18-9-17-35-26-12-8-7-11-25(26)34-32(35)22(2)33-31(36)21-24-14-15-27(37-3)29(20-24)38-4/h6-8,10-16,19-20,22H,9,17-18,21H2,1-5H3,(H,33,36)/b10-6+. The summed E-state index contributed by atoms with van der Waals surface area (Å²) in [6.45, 7) is 5.13. The van der Waals surface area contributed by atoms with Crippen LogP contribution in [0.5, 0.6) is 23.0 Å². The first kappa shape index (κ1) is 28.5. The molecule has 0 bridgehead atoms. The van der Waals surface area contributed by atoms with Crippen molar-refractivity contribution >= 4 is 23.0 Å². The number of hydrogen-bond donors (Lipinski definition) is 1. The van der Waals surface area contributed by atoms with E-state index >= 15 is 0 Å². The molecule has 0 aliphatic heterocycles. The number of carbonyl (C=O) groups is 1. The van der Waals surface area contributed by atoms with E-state index in [4.69, 9.17) is 23.9 Å². The summed E-state index contributed by atoms with van der Waals surface area (Å²) in [7, 11) is 4.81. The Morgan fingerprint density at radius 1 is 0.950 bits per heavy atom.